The van der Waals surface area contributed by atoms with Crippen molar-refractivity contribution in [3.05, 3.63) is 82.6 Å². The zero-order valence-electron chi connectivity index (χ0n) is 21.7. The molecular weight excluding hydrogens is 473 g/mol. The van der Waals surface area contributed by atoms with Crippen molar-refractivity contribution in [2.24, 2.45) is 21.7 Å². The summed E-state index contributed by atoms with van der Waals surface area (Å²) in [7, 11) is 5.81. The van der Waals surface area contributed by atoms with E-state index in [-0.39, 0.29) is 23.4 Å². The highest BCUT2D eigenvalue weighted by Crippen LogP contribution is 2.24. The van der Waals surface area contributed by atoms with Gasteiger partial charge in [-0.15, -0.1) is 5.10 Å². The Bertz CT molecular complexity index is 1240. The maximum atomic E-state index is 15.2. The Morgan fingerprint density at radius 2 is 1.97 bits per heavy atom. The number of hydrogen-bond acceptors (Lipinski definition) is 8. The summed E-state index contributed by atoms with van der Waals surface area (Å²) in [5.74, 6) is 5.41. The van der Waals surface area contributed by atoms with Crippen LogP contribution in [0.4, 0.5) is 4.39 Å². The lowest BCUT2D eigenvalue weighted by Crippen LogP contribution is -2.37. The molecule has 0 bridgehead atoms. The highest BCUT2D eigenvalue weighted by atomic mass is 19.1. The number of ether oxygens (including phenoxy) is 1. The van der Waals surface area contributed by atoms with E-state index in [2.05, 4.69) is 10.0 Å². The SMILES string of the molecule is CC(O/C(=N\N)c1ccccc1)C1=C(N)N(C)CC(c2ccc(C(=O)N3CC[C@@H](N(C)C)C3)c(F)c2)=N1. The first-order chi connectivity index (χ1) is 17.7. The molecule has 1 saturated heterocycles. The predicted molar refractivity (Wildman–Crippen MR) is 142 cm³/mol. The molecule has 0 radical (unpaired) electrons. The molecule has 1 amide bonds. The molecule has 2 aliphatic rings. The van der Waals surface area contributed by atoms with Gasteiger partial charge in [0.1, 0.15) is 23.4 Å². The molecule has 4 N–H and O–H groups in total. The van der Waals surface area contributed by atoms with Crippen molar-refractivity contribution in [2.75, 3.05) is 40.8 Å². The summed E-state index contributed by atoms with van der Waals surface area (Å²) in [4.78, 5) is 23.3. The van der Waals surface area contributed by atoms with Gasteiger partial charge in [-0.2, -0.15) is 0 Å². The highest BCUT2D eigenvalue weighted by Gasteiger charge is 2.30. The van der Waals surface area contributed by atoms with Crippen molar-refractivity contribution in [1.29, 1.82) is 0 Å². The lowest BCUT2D eigenvalue weighted by atomic mass is 10.0. The van der Waals surface area contributed by atoms with E-state index in [9.17, 15) is 4.79 Å². The third-order valence-electron chi connectivity index (χ3n) is 6.84. The number of carbonyl (C=O) groups is 1. The zero-order chi connectivity index (χ0) is 26.7. The number of nitrogens with zero attached hydrogens (tertiary/aromatic N) is 5. The zero-order valence-corrected chi connectivity index (χ0v) is 21.7. The van der Waals surface area contributed by atoms with Crippen LogP contribution in [-0.4, -0.2) is 85.1 Å². The number of benzene rings is 2. The second kappa shape index (κ2) is 11.0. The summed E-state index contributed by atoms with van der Waals surface area (Å²) < 4.78 is 21.2. The molecule has 9 nitrogen and oxygen atoms in total. The maximum absolute atomic E-state index is 15.2. The quantitative estimate of drug-likeness (QED) is 0.268. The summed E-state index contributed by atoms with van der Waals surface area (Å²) in [6.07, 6.45) is 0.296. The van der Waals surface area contributed by atoms with Crippen LogP contribution in [0.1, 0.15) is 34.8 Å². The molecule has 2 aliphatic heterocycles. The van der Waals surface area contributed by atoms with Gasteiger partial charge in [0.15, 0.2) is 0 Å². The second-order valence-electron chi connectivity index (χ2n) is 9.60. The highest BCUT2D eigenvalue weighted by molar-refractivity contribution is 6.04. The monoisotopic (exact) mass is 507 g/mol. The third-order valence-corrected chi connectivity index (χ3v) is 6.84. The van der Waals surface area contributed by atoms with Crippen molar-refractivity contribution in [1.82, 2.24) is 14.7 Å². The smallest absolute Gasteiger partial charge is 0.256 e. The van der Waals surface area contributed by atoms with E-state index in [0.717, 1.165) is 12.0 Å². The number of halogens is 1. The molecule has 1 fully saturated rings. The van der Waals surface area contributed by atoms with Gasteiger partial charge in [0.2, 0.25) is 5.90 Å². The van der Waals surface area contributed by atoms with Crippen molar-refractivity contribution in [3.8, 4) is 0 Å². The molecule has 37 heavy (non-hydrogen) atoms. The molecule has 2 heterocycles. The van der Waals surface area contributed by atoms with Gasteiger partial charge in [-0.3, -0.25) is 4.79 Å². The first kappa shape index (κ1) is 26.2. The molecule has 196 valence electrons. The van der Waals surface area contributed by atoms with Crippen molar-refractivity contribution in [2.45, 2.75) is 25.5 Å². The van der Waals surface area contributed by atoms with Crippen LogP contribution in [0.3, 0.4) is 0 Å². The van der Waals surface area contributed by atoms with Crippen LogP contribution in [0.15, 0.2) is 70.1 Å². The van der Waals surface area contributed by atoms with Crippen LogP contribution in [-0.2, 0) is 4.74 Å². The topological polar surface area (TPSA) is 113 Å². The summed E-state index contributed by atoms with van der Waals surface area (Å²) in [5, 5.41) is 3.78. The van der Waals surface area contributed by atoms with E-state index in [4.69, 9.17) is 21.3 Å². The predicted octanol–water partition coefficient (Wildman–Crippen LogP) is 2.19. The number of carbonyl (C=O) groups excluding carboxylic acids is 1. The van der Waals surface area contributed by atoms with E-state index in [0.29, 0.717) is 42.4 Å². The number of rotatable bonds is 6. The van der Waals surface area contributed by atoms with E-state index < -0.39 is 11.9 Å². The Morgan fingerprint density at radius 1 is 1.24 bits per heavy atom. The van der Waals surface area contributed by atoms with Crippen LogP contribution in [0.25, 0.3) is 0 Å². The van der Waals surface area contributed by atoms with Crippen LogP contribution in [0.5, 0.6) is 0 Å². The molecule has 2 atom stereocenters. The largest absolute Gasteiger partial charge is 0.467 e. The van der Waals surface area contributed by atoms with Gasteiger partial charge in [0.05, 0.1) is 17.8 Å². The fourth-order valence-electron chi connectivity index (χ4n) is 4.56. The van der Waals surface area contributed by atoms with E-state index in [1.54, 1.807) is 17.9 Å². The van der Waals surface area contributed by atoms with Gasteiger partial charge in [-0.05, 0) is 51.7 Å². The van der Waals surface area contributed by atoms with Crippen LogP contribution in [0, 0.1) is 5.82 Å². The van der Waals surface area contributed by atoms with Gasteiger partial charge < -0.3 is 31.0 Å². The number of likely N-dealkylation sites (tertiary alicyclic amines) is 1. The normalized spacial score (nSPS) is 19.4. The maximum Gasteiger partial charge on any atom is 0.256 e. The minimum absolute atomic E-state index is 0.0616. The van der Waals surface area contributed by atoms with Crippen LogP contribution < -0.4 is 11.6 Å². The minimum atomic E-state index is -0.578. The van der Waals surface area contributed by atoms with E-state index in [1.165, 1.54) is 12.1 Å². The van der Waals surface area contributed by atoms with E-state index >= 15 is 4.39 Å². The Balaban J connectivity index is 1.55. The lowest BCUT2D eigenvalue weighted by molar-refractivity contribution is 0.0778. The Labute approximate surface area is 216 Å². The summed E-state index contributed by atoms with van der Waals surface area (Å²) in [6, 6.07) is 14.2. The number of likely N-dealkylation sites (N-methyl/N-ethyl adjacent to an activating group) is 2. The number of amides is 1. The first-order valence-electron chi connectivity index (χ1n) is 12.2. The molecule has 4 rings (SSSR count). The number of hydrogen-bond donors (Lipinski definition) is 2. The average Bonchev–Trinajstić information content (AvgIpc) is 3.39. The fraction of sp³-hybridized carbons (Fsp3) is 0.370. The van der Waals surface area contributed by atoms with Crippen molar-refractivity contribution >= 4 is 17.5 Å². The second-order valence-corrected chi connectivity index (χ2v) is 9.60. The summed E-state index contributed by atoms with van der Waals surface area (Å²) in [6.45, 7) is 3.38. The summed E-state index contributed by atoms with van der Waals surface area (Å²) >= 11 is 0. The molecule has 10 heteroatoms. The third kappa shape index (κ3) is 5.59. The van der Waals surface area contributed by atoms with E-state index in [1.807, 2.05) is 56.4 Å². The van der Waals surface area contributed by atoms with Crippen LogP contribution >= 0.6 is 0 Å². The Kier molecular flexibility index (Phi) is 7.77. The molecule has 0 aromatic heterocycles. The van der Waals surface area contributed by atoms with Gasteiger partial charge >= 0.3 is 0 Å². The molecule has 0 saturated carbocycles. The molecule has 2 aromatic rings. The average molecular weight is 508 g/mol. The molecule has 0 spiro atoms. The standard InChI is InChI=1S/C27H34FN7O2/c1-17(37-26(32-30)18-8-6-5-7-9-18)24-25(29)34(4)16-23(31-24)19-10-11-21(22(28)14-19)27(36)35-13-12-20(15-35)33(2)3/h5-11,14,17,20H,12-13,15-16,29-30H2,1-4H3/b32-26-/t17?,20-/m1/s1. The van der Waals surface area contributed by atoms with Crippen LogP contribution in [0.2, 0.25) is 0 Å². The first-order valence-corrected chi connectivity index (χ1v) is 12.2. The minimum Gasteiger partial charge on any atom is -0.467 e. The van der Waals surface area contributed by atoms with Gasteiger partial charge in [-0.25, -0.2) is 9.38 Å². The number of nitrogens with two attached hydrogens (primary N) is 2. The van der Waals surface area contributed by atoms with Crippen molar-refractivity contribution < 1.29 is 13.9 Å². The van der Waals surface area contributed by atoms with Gasteiger partial charge in [0, 0.05) is 37.3 Å². The van der Waals surface area contributed by atoms with Crippen molar-refractivity contribution in [3.63, 3.8) is 0 Å². The molecule has 0 aliphatic carbocycles. The van der Waals surface area contributed by atoms with Gasteiger partial charge in [0.25, 0.3) is 5.91 Å². The molecule has 2 aromatic carbocycles. The summed E-state index contributed by atoms with van der Waals surface area (Å²) in [5.41, 5.74) is 8.78. The Hall–Kier alpha value is -3.92. The molecule has 1 unspecified atom stereocenters. The number of aliphatic imine (C=N–C) groups is 1. The van der Waals surface area contributed by atoms with Gasteiger partial charge in [-0.1, -0.05) is 24.3 Å². The molecular formula is C27H34FN7O2. The fourth-order valence-corrected chi connectivity index (χ4v) is 4.56. The Morgan fingerprint density at radius 3 is 2.59 bits per heavy atom. The lowest BCUT2D eigenvalue weighted by Gasteiger charge is -2.29. The number of hydrazone groups is 1.